The second-order valence-electron chi connectivity index (χ2n) is 7.56. The summed E-state index contributed by atoms with van der Waals surface area (Å²) in [6, 6.07) is 15.7. The van der Waals surface area contributed by atoms with Gasteiger partial charge in [0, 0.05) is 43.6 Å². The lowest BCUT2D eigenvalue weighted by molar-refractivity contribution is 0.208. The van der Waals surface area contributed by atoms with Crippen LogP contribution in [0.2, 0.25) is 0 Å². The molecule has 2 aromatic carbocycles. The number of anilines is 4. The average Bonchev–Trinajstić information content (AvgIpc) is 2.75. The Morgan fingerprint density at radius 2 is 1.68 bits per heavy atom. The Kier molecular flexibility index (Phi) is 5.97. The summed E-state index contributed by atoms with van der Waals surface area (Å²) in [5.41, 5.74) is 2.61. The number of carbonyl (C=O) groups excluding carboxylic acids is 1. The van der Waals surface area contributed by atoms with E-state index < -0.39 is 0 Å². The number of halogens is 1. The van der Waals surface area contributed by atoms with Gasteiger partial charge in [-0.1, -0.05) is 23.8 Å². The molecule has 0 unspecified atom stereocenters. The van der Waals surface area contributed by atoms with E-state index in [-0.39, 0.29) is 11.8 Å². The van der Waals surface area contributed by atoms with Crippen LogP contribution in [0.3, 0.4) is 0 Å². The highest BCUT2D eigenvalue weighted by Gasteiger charge is 2.22. The number of carbonyl (C=O) groups is 1. The molecule has 2 N–H and O–H groups in total. The van der Waals surface area contributed by atoms with Crippen molar-refractivity contribution in [3.05, 3.63) is 71.8 Å². The quantitative estimate of drug-likeness (QED) is 0.657. The van der Waals surface area contributed by atoms with Crippen molar-refractivity contribution < 1.29 is 9.18 Å². The van der Waals surface area contributed by atoms with Crippen LogP contribution >= 0.6 is 0 Å². The molecule has 7 nitrogen and oxygen atoms in total. The van der Waals surface area contributed by atoms with Crippen molar-refractivity contribution in [1.29, 1.82) is 0 Å². The smallest absolute Gasteiger partial charge is 0.321 e. The predicted molar refractivity (Wildman–Crippen MR) is 120 cm³/mol. The summed E-state index contributed by atoms with van der Waals surface area (Å²) in [6.45, 7) is 6.31. The van der Waals surface area contributed by atoms with Crippen LogP contribution < -0.4 is 15.5 Å². The van der Waals surface area contributed by atoms with Crippen molar-refractivity contribution in [2.45, 2.75) is 13.8 Å². The normalized spacial score (nSPS) is 13.8. The van der Waals surface area contributed by atoms with Gasteiger partial charge in [0.1, 0.15) is 23.3 Å². The maximum Gasteiger partial charge on any atom is 0.321 e. The molecule has 2 amide bonds. The van der Waals surface area contributed by atoms with Crippen molar-refractivity contribution in [2.24, 2.45) is 0 Å². The van der Waals surface area contributed by atoms with Crippen molar-refractivity contribution in [3.8, 4) is 0 Å². The summed E-state index contributed by atoms with van der Waals surface area (Å²) in [6.07, 6.45) is 0. The Morgan fingerprint density at radius 1 is 0.935 bits per heavy atom. The summed E-state index contributed by atoms with van der Waals surface area (Å²) in [7, 11) is 0. The molecule has 1 fully saturated rings. The maximum absolute atomic E-state index is 13.3. The van der Waals surface area contributed by atoms with Crippen molar-refractivity contribution in [3.63, 3.8) is 0 Å². The van der Waals surface area contributed by atoms with E-state index >= 15 is 0 Å². The van der Waals surface area contributed by atoms with E-state index in [0.717, 1.165) is 17.3 Å². The van der Waals surface area contributed by atoms with Gasteiger partial charge in [0.25, 0.3) is 0 Å². The topological polar surface area (TPSA) is 73.4 Å². The van der Waals surface area contributed by atoms with Crippen LogP contribution in [0.4, 0.5) is 32.2 Å². The monoisotopic (exact) mass is 420 g/mol. The fraction of sp³-hybridized carbons (Fsp3) is 0.261. The molecule has 0 saturated carbocycles. The predicted octanol–water partition coefficient (Wildman–Crippen LogP) is 4.33. The molecule has 3 aromatic rings. The lowest BCUT2D eigenvalue weighted by Gasteiger charge is -2.35. The van der Waals surface area contributed by atoms with Crippen LogP contribution in [0.1, 0.15) is 11.4 Å². The minimum Gasteiger partial charge on any atom is -0.353 e. The molecular formula is C23H25FN6O. The molecule has 8 heteroatoms. The molecule has 31 heavy (non-hydrogen) atoms. The van der Waals surface area contributed by atoms with Crippen LogP contribution in [0.25, 0.3) is 0 Å². The Morgan fingerprint density at radius 3 is 2.39 bits per heavy atom. The minimum atomic E-state index is -0.378. The van der Waals surface area contributed by atoms with Crippen LogP contribution in [0, 0.1) is 19.7 Å². The third-order valence-electron chi connectivity index (χ3n) is 5.12. The van der Waals surface area contributed by atoms with Crippen molar-refractivity contribution in [2.75, 3.05) is 41.7 Å². The van der Waals surface area contributed by atoms with Gasteiger partial charge in [-0.15, -0.1) is 0 Å². The molecule has 0 bridgehead atoms. The number of nitrogens with zero attached hydrogens (tertiary/aromatic N) is 4. The average molecular weight is 420 g/mol. The fourth-order valence-corrected chi connectivity index (χ4v) is 3.47. The van der Waals surface area contributed by atoms with Gasteiger partial charge in [-0.25, -0.2) is 19.2 Å². The van der Waals surface area contributed by atoms with Crippen LogP contribution in [0.15, 0.2) is 54.6 Å². The number of hydrogen-bond acceptors (Lipinski definition) is 5. The molecule has 1 aliphatic heterocycles. The van der Waals surface area contributed by atoms with E-state index in [1.165, 1.54) is 17.7 Å². The van der Waals surface area contributed by atoms with Crippen LogP contribution in [-0.2, 0) is 0 Å². The molecule has 2 heterocycles. The van der Waals surface area contributed by atoms with Gasteiger partial charge >= 0.3 is 6.03 Å². The summed E-state index contributed by atoms with van der Waals surface area (Å²) in [4.78, 5) is 25.4. The highest BCUT2D eigenvalue weighted by molar-refractivity contribution is 5.89. The first-order valence-electron chi connectivity index (χ1n) is 10.2. The lowest BCUT2D eigenvalue weighted by Crippen LogP contribution is -2.50. The molecule has 0 aliphatic carbocycles. The highest BCUT2D eigenvalue weighted by Crippen LogP contribution is 2.21. The SMILES string of the molecule is Cc1ccc(Nc2cc(N3CCN(C(=O)Nc4cccc(F)c4)CC3)nc(C)n2)cc1. The van der Waals surface area contributed by atoms with Gasteiger partial charge in [-0.2, -0.15) is 0 Å². The number of aryl methyl sites for hydroxylation is 2. The number of nitrogens with one attached hydrogen (secondary N) is 2. The van der Waals surface area contributed by atoms with Crippen LogP contribution in [0.5, 0.6) is 0 Å². The Hall–Kier alpha value is -3.68. The van der Waals surface area contributed by atoms with Gasteiger partial charge in [0.05, 0.1) is 0 Å². The van der Waals surface area contributed by atoms with E-state index in [1.54, 1.807) is 17.0 Å². The second kappa shape index (κ2) is 8.99. The molecule has 4 rings (SSSR count). The zero-order valence-corrected chi connectivity index (χ0v) is 17.6. The van der Waals surface area contributed by atoms with E-state index in [1.807, 2.05) is 37.3 Å². The largest absolute Gasteiger partial charge is 0.353 e. The van der Waals surface area contributed by atoms with Gasteiger partial charge in [0.2, 0.25) is 0 Å². The van der Waals surface area contributed by atoms with Gasteiger partial charge < -0.3 is 20.4 Å². The third kappa shape index (κ3) is 5.28. The summed E-state index contributed by atoms with van der Waals surface area (Å²) in [5.74, 6) is 1.86. The molecule has 1 aromatic heterocycles. The van der Waals surface area contributed by atoms with Crippen molar-refractivity contribution >= 4 is 29.0 Å². The molecule has 1 aliphatic rings. The highest BCUT2D eigenvalue weighted by atomic mass is 19.1. The van der Waals surface area contributed by atoms with Gasteiger partial charge in [-0.3, -0.25) is 0 Å². The molecule has 0 spiro atoms. The van der Waals surface area contributed by atoms with Gasteiger partial charge in [0.15, 0.2) is 0 Å². The van der Waals surface area contributed by atoms with Crippen molar-refractivity contribution in [1.82, 2.24) is 14.9 Å². The number of aromatic nitrogens is 2. The van der Waals surface area contributed by atoms with E-state index in [9.17, 15) is 9.18 Å². The molecule has 0 radical (unpaired) electrons. The fourth-order valence-electron chi connectivity index (χ4n) is 3.47. The molecular weight excluding hydrogens is 395 g/mol. The molecule has 1 saturated heterocycles. The number of urea groups is 1. The molecule has 0 atom stereocenters. The first-order chi connectivity index (χ1) is 15.0. The second-order valence-corrected chi connectivity index (χ2v) is 7.56. The third-order valence-corrected chi connectivity index (χ3v) is 5.12. The number of benzene rings is 2. The first kappa shape index (κ1) is 20.6. The first-order valence-corrected chi connectivity index (χ1v) is 10.2. The zero-order chi connectivity index (χ0) is 21.8. The van der Waals surface area contributed by atoms with E-state index in [0.29, 0.717) is 37.7 Å². The maximum atomic E-state index is 13.3. The summed E-state index contributed by atoms with van der Waals surface area (Å²) < 4.78 is 13.3. The number of rotatable bonds is 4. The summed E-state index contributed by atoms with van der Waals surface area (Å²) in [5, 5.41) is 6.08. The standard InChI is InChI=1S/C23H25FN6O/c1-16-6-8-19(9-7-16)27-21-15-22(26-17(2)25-21)29-10-12-30(13-11-29)23(31)28-20-5-3-4-18(24)14-20/h3-9,14-15H,10-13H2,1-2H3,(H,28,31)(H,25,26,27). The molecule has 160 valence electrons. The van der Waals surface area contributed by atoms with Gasteiger partial charge in [-0.05, 0) is 44.2 Å². The lowest BCUT2D eigenvalue weighted by atomic mass is 10.2. The van der Waals surface area contributed by atoms with E-state index in [2.05, 4.69) is 32.4 Å². The van der Waals surface area contributed by atoms with E-state index in [4.69, 9.17) is 0 Å². The van der Waals surface area contributed by atoms with Crippen LogP contribution in [-0.4, -0.2) is 47.1 Å². The Labute approximate surface area is 180 Å². The number of amides is 2. The summed E-state index contributed by atoms with van der Waals surface area (Å²) >= 11 is 0. The number of hydrogen-bond donors (Lipinski definition) is 2. The Balaban J connectivity index is 1.38. The number of piperazine rings is 1. The zero-order valence-electron chi connectivity index (χ0n) is 17.6. The Bertz CT molecular complexity index is 1060. The minimum absolute atomic E-state index is 0.231.